The number of nitro groups is 1. The third kappa shape index (κ3) is 3.75. The van der Waals surface area contributed by atoms with Crippen molar-refractivity contribution in [3.05, 3.63) is 58.3 Å². The number of para-hydroxylation sites is 1. The van der Waals surface area contributed by atoms with Gasteiger partial charge in [0.1, 0.15) is 5.75 Å². The number of carbonyl (C=O) groups excluding carboxylic acids is 2. The van der Waals surface area contributed by atoms with Crippen molar-refractivity contribution in [2.24, 2.45) is 0 Å². The van der Waals surface area contributed by atoms with Crippen molar-refractivity contribution in [1.82, 2.24) is 10.2 Å². The van der Waals surface area contributed by atoms with Gasteiger partial charge in [-0.1, -0.05) is 18.2 Å². The number of hydrogen-bond acceptors (Lipinski definition) is 7. The summed E-state index contributed by atoms with van der Waals surface area (Å²) in [5.41, 5.74) is 0.774. The number of non-ortho nitro benzene ring substituents is 1. The highest BCUT2D eigenvalue weighted by atomic mass is 16.6. The van der Waals surface area contributed by atoms with Crippen molar-refractivity contribution < 1.29 is 24.0 Å². The Hall–Kier alpha value is -3.95. The Morgan fingerprint density at radius 1 is 1.25 bits per heavy atom. The highest BCUT2D eigenvalue weighted by Gasteiger charge is 2.23. The van der Waals surface area contributed by atoms with Crippen LogP contribution < -0.4 is 10.1 Å². The van der Waals surface area contributed by atoms with Crippen molar-refractivity contribution in [2.75, 3.05) is 12.4 Å². The zero-order valence-electron chi connectivity index (χ0n) is 15.0. The fraction of sp³-hybridized carbons (Fsp3) is 0.167. The van der Waals surface area contributed by atoms with Crippen LogP contribution in [-0.2, 0) is 9.53 Å². The Kier molecular flexibility index (Phi) is 5.21. The fourth-order valence-corrected chi connectivity index (χ4v) is 2.52. The summed E-state index contributed by atoms with van der Waals surface area (Å²) < 4.78 is 10.3. The van der Waals surface area contributed by atoms with Gasteiger partial charge in [-0.25, -0.2) is 4.79 Å². The predicted octanol–water partition coefficient (Wildman–Crippen LogP) is 2.66. The molecule has 3 rings (SSSR count). The molecule has 0 radical (unpaired) electrons. The smallest absolute Gasteiger partial charge is 0.360 e. The number of carbonyl (C=O) groups is 2. The summed E-state index contributed by atoms with van der Waals surface area (Å²) in [5, 5.41) is 20.6. The van der Waals surface area contributed by atoms with E-state index in [4.69, 9.17) is 9.47 Å². The summed E-state index contributed by atoms with van der Waals surface area (Å²) in [5.74, 6) is -1.27. The first-order chi connectivity index (χ1) is 13.4. The second kappa shape index (κ2) is 7.74. The molecule has 1 amide bonds. The number of H-pyrrole nitrogens is 1. The van der Waals surface area contributed by atoms with Gasteiger partial charge in [-0.3, -0.25) is 20.0 Å². The molecular formula is C18H16N4O6. The number of nitro benzene ring substituents is 1. The maximum absolute atomic E-state index is 12.4. The Balaban J connectivity index is 1.71. The van der Waals surface area contributed by atoms with Gasteiger partial charge in [-0.15, -0.1) is 0 Å². The van der Waals surface area contributed by atoms with Gasteiger partial charge in [0.2, 0.25) is 0 Å². The molecule has 0 bridgehead atoms. The Morgan fingerprint density at radius 2 is 2.00 bits per heavy atom. The average Bonchev–Trinajstić information content (AvgIpc) is 3.12. The molecule has 2 N–H and O–H groups in total. The largest absolute Gasteiger partial charge is 0.494 e. The molecule has 0 aliphatic carbocycles. The highest BCUT2D eigenvalue weighted by molar-refractivity contribution is 6.03. The van der Waals surface area contributed by atoms with E-state index < -0.39 is 22.9 Å². The lowest BCUT2D eigenvalue weighted by molar-refractivity contribution is -0.384. The lowest BCUT2D eigenvalue weighted by Gasteiger charge is -2.14. The normalized spacial score (nSPS) is 11.6. The molecule has 0 unspecified atom stereocenters. The van der Waals surface area contributed by atoms with E-state index >= 15 is 0 Å². The van der Waals surface area contributed by atoms with Gasteiger partial charge in [-0.2, -0.15) is 5.10 Å². The molecule has 1 atom stereocenters. The summed E-state index contributed by atoms with van der Waals surface area (Å²) in [6.45, 7) is 1.40. The SMILES string of the molecule is COc1cc([N+](=O)[O-])ccc1NC(=O)[C@@H](C)OC(=O)c1n[nH]c2ccccc12. The minimum Gasteiger partial charge on any atom is -0.494 e. The first-order valence-corrected chi connectivity index (χ1v) is 8.18. The number of hydrogen-bond donors (Lipinski definition) is 2. The number of esters is 1. The second-order valence-electron chi connectivity index (χ2n) is 5.80. The number of aromatic nitrogens is 2. The Labute approximate surface area is 158 Å². The number of amides is 1. The Bertz CT molecular complexity index is 1060. The quantitative estimate of drug-likeness (QED) is 0.379. The summed E-state index contributed by atoms with van der Waals surface area (Å²) >= 11 is 0. The van der Waals surface area contributed by atoms with Gasteiger partial charge in [-0.05, 0) is 19.1 Å². The highest BCUT2D eigenvalue weighted by Crippen LogP contribution is 2.29. The lowest BCUT2D eigenvalue weighted by Crippen LogP contribution is -2.30. The molecule has 3 aromatic rings. The van der Waals surface area contributed by atoms with Crippen molar-refractivity contribution in [1.29, 1.82) is 0 Å². The van der Waals surface area contributed by atoms with Crippen LogP contribution in [0.25, 0.3) is 10.9 Å². The zero-order chi connectivity index (χ0) is 20.3. The maximum atomic E-state index is 12.4. The van der Waals surface area contributed by atoms with E-state index in [2.05, 4.69) is 15.5 Å². The molecule has 144 valence electrons. The number of fused-ring (bicyclic) bond motifs is 1. The number of nitrogens with zero attached hydrogens (tertiary/aromatic N) is 2. The van der Waals surface area contributed by atoms with Crippen molar-refractivity contribution >= 4 is 34.2 Å². The molecule has 1 aromatic heterocycles. The third-order valence-corrected chi connectivity index (χ3v) is 3.97. The van der Waals surface area contributed by atoms with Gasteiger partial charge in [0.05, 0.1) is 29.3 Å². The number of anilines is 1. The topological polar surface area (TPSA) is 136 Å². The minimum atomic E-state index is -1.14. The number of nitrogens with one attached hydrogen (secondary N) is 2. The van der Waals surface area contributed by atoms with E-state index in [9.17, 15) is 19.7 Å². The first-order valence-electron chi connectivity index (χ1n) is 8.18. The minimum absolute atomic E-state index is 0.0724. The number of rotatable bonds is 6. The van der Waals surface area contributed by atoms with E-state index in [1.54, 1.807) is 24.3 Å². The molecule has 0 aliphatic rings. The van der Waals surface area contributed by atoms with Crippen LogP contribution in [0.4, 0.5) is 11.4 Å². The fourth-order valence-electron chi connectivity index (χ4n) is 2.52. The number of aromatic amines is 1. The van der Waals surface area contributed by atoms with E-state index in [1.165, 1.54) is 32.2 Å². The monoisotopic (exact) mass is 384 g/mol. The van der Waals surface area contributed by atoms with Gasteiger partial charge in [0.25, 0.3) is 11.6 Å². The van der Waals surface area contributed by atoms with Gasteiger partial charge in [0.15, 0.2) is 11.8 Å². The van der Waals surface area contributed by atoms with Crippen LogP contribution in [0.15, 0.2) is 42.5 Å². The molecule has 28 heavy (non-hydrogen) atoms. The molecule has 0 fully saturated rings. The molecule has 10 heteroatoms. The average molecular weight is 384 g/mol. The van der Waals surface area contributed by atoms with Gasteiger partial charge < -0.3 is 14.8 Å². The third-order valence-electron chi connectivity index (χ3n) is 3.97. The molecule has 10 nitrogen and oxygen atoms in total. The molecule has 0 saturated heterocycles. The number of methoxy groups -OCH3 is 1. The summed E-state index contributed by atoms with van der Waals surface area (Å²) in [7, 11) is 1.32. The predicted molar refractivity (Wildman–Crippen MR) is 99.2 cm³/mol. The van der Waals surface area contributed by atoms with Crippen molar-refractivity contribution in [2.45, 2.75) is 13.0 Å². The van der Waals surface area contributed by atoms with Crippen LogP contribution in [0.5, 0.6) is 5.75 Å². The number of ether oxygens (including phenoxy) is 2. The molecule has 0 aliphatic heterocycles. The van der Waals surface area contributed by atoms with Crippen LogP contribution in [-0.4, -0.2) is 40.2 Å². The first kappa shape index (κ1) is 18.8. The van der Waals surface area contributed by atoms with Crippen LogP contribution in [0.3, 0.4) is 0 Å². The molecule has 0 saturated carbocycles. The Morgan fingerprint density at radius 3 is 2.71 bits per heavy atom. The lowest BCUT2D eigenvalue weighted by atomic mass is 10.2. The van der Waals surface area contributed by atoms with Crippen LogP contribution >= 0.6 is 0 Å². The van der Waals surface area contributed by atoms with E-state index in [-0.39, 0.29) is 22.8 Å². The summed E-state index contributed by atoms with van der Waals surface area (Å²) in [6.07, 6.45) is -1.14. The molecular weight excluding hydrogens is 368 g/mol. The standard InChI is InChI=1S/C18H16N4O6/c1-10(28-18(24)16-12-5-3-4-6-13(12)20-21-16)17(23)19-14-8-7-11(22(25)26)9-15(14)27-2/h3-10H,1-2H3,(H,19,23)(H,20,21)/t10-/m1/s1. The summed E-state index contributed by atoms with van der Waals surface area (Å²) in [6, 6.07) is 10.8. The van der Waals surface area contributed by atoms with E-state index in [0.29, 0.717) is 10.9 Å². The summed E-state index contributed by atoms with van der Waals surface area (Å²) in [4.78, 5) is 35.0. The van der Waals surface area contributed by atoms with Crippen LogP contribution in [0.2, 0.25) is 0 Å². The van der Waals surface area contributed by atoms with Crippen LogP contribution in [0.1, 0.15) is 17.4 Å². The zero-order valence-corrected chi connectivity index (χ0v) is 15.0. The maximum Gasteiger partial charge on any atom is 0.360 e. The van der Waals surface area contributed by atoms with E-state index in [0.717, 1.165) is 0 Å². The molecule has 1 heterocycles. The van der Waals surface area contributed by atoms with E-state index in [1.807, 2.05) is 0 Å². The van der Waals surface area contributed by atoms with Crippen molar-refractivity contribution in [3.8, 4) is 5.75 Å². The van der Waals surface area contributed by atoms with Gasteiger partial charge >= 0.3 is 5.97 Å². The van der Waals surface area contributed by atoms with Gasteiger partial charge in [0, 0.05) is 11.5 Å². The van der Waals surface area contributed by atoms with Crippen molar-refractivity contribution in [3.63, 3.8) is 0 Å². The van der Waals surface area contributed by atoms with Crippen LogP contribution in [0, 0.1) is 10.1 Å². The number of benzene rings is 2. The molecule has 0 spiro atoms. The second-order valence-corrected chi connectivity index (χ2v) is 5.80. The molecule has 2 aromatic carbocycles.